The smallest absolute Gasteiger partial charge is 0.159 e. The topological polar surface area (TPSA) is 19.6 Å². The van der Waals surface area contributed by atoms with Gasteiger partial charge in [-0.05, 0) is 127 Å². The zero-order valence-corrected chi connectivity index (χ0v) is 29.2. The quantitative estimate of drug-likeness (QED) is 0.168. The monoisotopic (exact) mass is 672 g/mol. The van der Waals surface area contributed by atoms with E-state index < -0.39 is 0 Å². The van der Waals surface area contributed by atoms with Crippen LogP contribution >= 0.6 is 0 Å². The van der Waals surface area contributed by atoms with Crippen LogP contribution in [0.5, 0.6) is 0 Å². The molecule has 1 heterocycles. The molecule has 0 amide bonds. The minimum absolute atomic E-state index is 0.368. The summed E-state index contributed by atoms with van der Waals surface area (Å²) >= 11 is 0. The number of anilines is 6. The highest BCUT2D eigenvalue weighted by atomic mass is 16.3. The van der Waals surface area contributed by atoms with Gasteiger partial charge in [-0.25, -0.2) is 0 Å². The van der Waals surface area contributed by atoms with Gasteiger partial charge in [0.2, 0.25) is 0 Å². The van der Waals surface area contributed by atoms with Gasteiger partial charge in [0.1, 0.15) is 5.58 Å². The van der Waals surface area contributed by atoms with Crippen molar-refractivity contribution in [2.45, 2.75) is 37.5 Å². The number of hydrogen-bond acceptors (Lipinski definition) is 3. The van der Waals surface area contributed by atoms with Gasteiger partial charge in [-0.1, -0.05) is 103 Å². The Labute approximate surface area is 304 Å². The normalized spacial score (nSPS) is 21.7. The molecule has 7 aromatic carbocycles. The Hall–Kier alpha value is -5.80. The van der Waals surface area contributed by atoms with Crippen LogP contribution in [0.2, 0.25) is 0 Å². The van der Waals surface area contributed by atoms with Crippen molar-refractivity contribution in [2.24, 2.45) is 17.8 Å². The minimum Gasteiger partial charge on any atom is -0.454 e. The molecule has 4 bridgehead atoms. The molecule has 0 radical (unpaired) electrons. The van der Waals surface area contributed by atoms with Gasteiger partial charge in [0.05, 0.1) is 11.4 Å². The summed E-state index contributed by atoms with van der Waals surface area (Å²) in [6, 6.07) is 59.5. The van der Waals surface area contributed by atoms with Crippen molar-refractivity contribution in [1.29, 1.82) is 0 Å². The number of furan rings is 1. The molecule has 4 fully saturated rings. The van der Waals surface area contributed by atoms with Crippen LogP contribution in [0.15, 0.2) is 168 Å². The van der Waals surface area contributed by atoms with E-state index in [2.05, 4.69) is 174 Å². The first-order valence-corrected chi connectivity index (χ1v) is 18.9. The molecule has 252 valence electrons. The van der Waals surface area contributed by atoms with E-state index in [0.29, 0.717) is 5.41 Å². The molecule has 4 saturated carbocycles. The molecular weight excluding hydrogens is 633 g/mol. The van der Waals surface area contributed by atoms with Gasteiger partial charge in [0, 0.05) is 38.9 Å². The van der Waals surface area contributed by atoms with E-state index in [-0.39, 0.29) is 0 Å². The first kappa shape index (κ1) is 29.9. The lowest BCUT2D eigenvalue weighted by Gasteiger charge is -2.39. The molecule has 12 rings (SSSR count). The van der Waals surface area contributed by atoms with Gasteiger partial charge >= 0.3 is 0 Å². The second-order valence-electron chi connectivity index (χ2n) is 15.6. The Balaban J connectivity index is 1.14. The largest absolute Gasteiger partial charge is 0.454 e. The van der Waals surface area contributed by atoms with Gasteiger partial charge in [-0.15, -0.1) is 0 Å². The fraction of sp³-hybridized carbons (Fsp3) is 0.184. The van der Waals surface area contributed by atoms with Crippen LogP contribution < -0.4 is 9.80 Å². The maximum Gasteiger partial charge on any atom is 0.159 e. The van der Waals surface area contributed by atoms with Crippen LogP contribution in [-0.4, -0.2) is 0 Å². The van der Waals surface area contributed by atoms with Crippen LogP contribution in [0.25, 0.3) is 32.7 Å². The fourth-order valence-corrected chi connectivity index (χ4v) is 10.6. The molecule has 52 heavy (non-hydrogen) atoms. The molecule has 0 aliphatic heterocycles. The van der Waals surface area contributed by atoms with E-state index in [4.69, 9.17) is 4.42 Å². The zero-order chi connectivity index (χ0) is 34.2. The highest BCUT2D eigenvalue weighted by Gasteiger charge is 2.56. The second kappa shape index (κ2) is 11.6. The van der Waals surface area contributed by atoms with E-state index in [9.17, 15) is 0 Å². The number of nitrogens with zero attached hydrogens (tertiary/aromatic N) is 2. The van der Waals surface area contributed by atoms with Crippen molar-refractivity contribution in [3.63, 3.8) is 0 Å². The van der Waals surface area contributed by atoms with E-state index in [1.54, 1.807) is 0 Å². The Bertz CT molecular complexity index is 2560. The van der Waals surface area contributed by atoms with Gasteiger partial charge in [0.15, 0.2) is 5.58 Å². The Kier molecular flexibility index (Phi) is 6.67. The van der Waals surface area contributed by atoms with Crippen LogP contribution in [0.3, 0.4) is 0 Å². The molecule has 2 atom stereocenters. The second-order valence-corrected chi connectivity index (χ2v) is 15.6. The average Bonchev–Trinajstić information content (AvgIpc) is 3.80. The van der Waals surface area contributed by atoms with Crippen LogP contribution in [0.1, 0.15) is 37.7 Å². The molecule has 1 aromatic heterocycles. The molecular formula is C49H40N2O. The number of benzene rings is 7. The van der Waals surface area contributed by atoms with Crippen molar-refractivity contribution in [2.75, 3.05) is 9.80 Å². The number of rotatable bonds is 7. The van der Waals surface area contributed by atoms with Crippen molar-refractivity contribution < 1.29 is 4.42 Å². The van der Waals surface area contributed by atoms with Crippen molar-refractivity contribution in [1.82, 2.24) is 0 Å². The summed E-state index contributed by atoms with van der Waals surface area (Å²) in [5.74, 6) is 2.81. The molecule has 4 aliphatic carbocycles. The van der Waals surface area contributed by atoms with Crippen molar-refractivity contribution >= 4 is 66.8 Å². The third-order valence-electron chi connectivity index (χ3n) is 12.6. The summed E-state index contributed by atoms with van der Waals surface area (Å²) in [5.41, 5.74) is 10.2. The fourth-order valence-electron chi connectivity index (χ4n) is 10.6. The zero-order valence-electron chi connectivity index (χ0n) is 29.2. The molecule has 4 aliphatic rings. The SMILES string of the molecule is c1ccc(N(c2cc(N(c3ccccc3)c3ccc(C45CC6CC(C4)C(C6)C5)cc3)c3oc4ccccc4c3c2)c2cccc3ccccc23)cc1. The molecule has 3 heteroatoms. The Morgan fingerprint density at radius 2 is 1.06 bits per heavy atom. The molecule has 2 unspecified atom stereocenters. The summed E-state index contributed by atoms with van der Waals surface area (Å²) in [4.78, 5) is 4.81. The first-order chi connectivity index (χ1) is 25.7. The number of fused-ring (bicyclic) bond motifs is 4. The third-order valence-corrected chi connectivity index (χ3v) is 12.6. The van der Waals surface area contributed by atoms with E-state index in [0.717, 1.165) is 73.8 Å². The Morgan fingerprint density at radius 3 is 1.77 bits per heavy atom. The van der Waals surface area contributed by atoms with E-state index in [1.807, 2.05) is 0 Å². The summed E-state index contributed by atoms with van der Waals surface area (Å²) in [5, 5.41) is 4.63. The number of para-hydroxylation sites is 3. The van der Waals surface area contributed by atoms with Crippen molar-refractivity contribution in [3.8, 4) is 0 Å². The van der Waals surface area contributed by atoms with Gasteiger partial charge in [-0.3, -0.25) is 0 Å². The minimum atomic E-state index is 0.368. The summed E-state index contributed by atoms with van der Waals surface area (Å²) in [6.45, 7) is 0. The lowest BCUT2D eigenvalue weighted by molar-refractivity contribution is 0.229. The molecule has 8 aromatic rings. The van der Waals surface area contributed by atoms with Crippen molar-refractivity contribution in [3.05, 3.63) is 169 Å². The molecule has 0 spiro atoms. The standard InChI is InChI=1S/C49H40N2O/c1-3-14-38(15-4-1)50(40-24-22-37(23-25-40)49-30-33-26-35(31-49)36(27-33)32-49)46-29-41(28-44-43-19-9-10-21-47(43)52-48(44)46)51(39-16-5-2-6-17-39)45-20-11-13-34-12-7-8-18-42(34)45/h1-25,28-29,33,35-36H,26-27,30-32H2. The van der Waals surface area contributed by atoms with Gasteiger partial charge in [0.25, 0.3) is 0 Å². The average molecular weight is 673 g/mol. The van der Waals surface area contributed by atoms with E-state index >= 15 is 0 Å². The van der Waals surface area contributed by atoms with Gasteiger partial charge < -0.3 is 14.2 Å². The predicted octanol–water partition coefficient (Wildman–Crippen LogP) is 13.8. The lowest BCUT2D eigenvalue weighted by Crippen LogP contribution is -2.31. The van der Waals surface area contributed by atoms with Crippen LogP contribution in [-0.2, 0) is 5.41 Å². The van der Waals surface area contributed by atoms with E-state index in [1.165, 1.54) is 48.4 Å². The van der Waals surface area contributed by atoms with Gasteiger partial charge in [-0.2, -0.15) is 0 Å². The summed E-state index contributed by atoms with van der Waals surface area (Å²) < 4.78 is 6.84. The first-order valence-electron chi connectivity index (χ1n) is 18.9. The van der Waals surface area contributed by atoms with Crippen LogP contribution in [0, 0.1) is 17.8 Å². The maximum absolute atomic E-state index is 6.84. The Morgan fingerprint density at radius 1 is 0.462 bits per heavy atom. The summed E-state index contributed by atoms with van der Waals surface area (Å²) in [7, 11) is 0. The maximum atomic E-state index is 6.84. The molecule has 3 nitrogen and oxygen atoms in total. The number of hydrogen-bond donors (Lipinski definition) is 0. The molecule has 0 saturated heterocycles. The highest BCUT2D eigenvalue weighted by molar-refractivity contribution is 6.13. The van der Waals surface area contributed by atoms with Crippen LogP contribution in [0.4, 0.5) is 34.1 Å². The highest BCUT2D eigenvalue weighted by Crippen LogP contribution is 2.65. The lowest BCUT2D eigenvalue weighted by atomic mass is 9.66. The molecule has 0 N–H and O–H groups in total. The summed E-state index contributed by atoms with van der Waals surface area (Å²) in [6.07, 6.45) is 7.05. The predicted molar refractivity (Wildman–Crippen MR) is 216 cm³/mol. The third kappa shape index (κ3) is 4.65.